The zero-order valence-electron chi connectivity index (χ0n) is 11.3. The summed E-state index contributed by atoms with van der Waals surface area (Å²) < 4.78 is 0. The summed E-state index contributed by atoms with van der Waals surface area (Å²) in [5, 5.41) is 19.3. The van der Waals surface area contributed by atoms with Crippen LogP contribution in [0, 0.1) is 0 Å². The van der Waals surface area contributed by atoms with Crippen molar-refractivity contribution in [1.82, 2.24) is 0 Å². The number of carbonyl (C=O) groups excluding carboxylic acids is 1. The van der Waals surface area contributed by atoms with Gasteiger partial charge in [-0.25, -0.2) is 0 Å². The van der Waals surface area contributed by atoms with Crippen LogP contribution in [0.5, 0.6) is 0 Å². The van der Waals surface area contributed by atoms with Crippen LogP contribution in [0.3, 0.4) is 0 Å². The molecule has 4 heteroatoms. The Labute approximate surface area is 122 Å². The molecule has 2 rings (SSSR count). The van der Waals surface area contributed by atoms with Gasteiger partial charge in [0.25, 0.3) is 0 Å². The molecule has 108 valence electrons. The minimum absolute atomic E-state index is 0.226. The van der Waals surface area contributed by atoms with E-state index < -0.39 is 23.8 Å². The Hall–Kier alpha value is -2.46. The van der Waals surface area contributed by atoms with Crippen molar-refractivity contribution in [2.45, 2.75) is 18.4 Å². The van der Waals surface area contributed by atoms with Gasteiger partial charge in [-0.05, 0) is 11.1 Å². The zero-order valence-corrected chi connectivity index (χ0v) is 11.3. The first-order valence-corrected chi connectivity index (χ1v) is 6.63. The van der Waals surface area contributed by atoms with Crippen molar-refractivity contribution in [3.8, 4) is 0 Å². The maximum atomic E-state index is 12.2. The molecule has 2 N–H and O–H groups in total. The number of carboxylic acid groups (broad SMARTS) is 1. The quantitative estimate of drug-likeness (QED) is 0.799. The van der Waals surface area contributed by atoms with E-state index in [2.05, 4.69) is 0 Å². The Kier molecular flexibility index (Phi) is 4.85. The van der Waals surface area contributed by atoms with Crippen LogP contribution in [-0.4, -0.2) is 22.0 Å². The van der Waals surface area contributed by atoms with Gasteiger partial charge in [0.05, 0.1) is 6.10 Å². The van der Waals surface area contributed by atoms with Crippen molar-refractivity contribution in [3.05, 3.63) is 71.8 Å². The van der Waals surface area contributed by atoms with E-state index in [0.29, 0.717) is 11.1 Å². The third-order valence-corrected chi connectivity index (χ3v) is 3.28. The smallest absolute Gasteiger partial charge is 0.318 e. The summed E-state index contributed by atoms with van der Waals surface area (Å²) in [6.07, 6.45) is -1.22. The molecule has 0 saturated heterocycles. The van der Waals surface area contributed by atoms with Gasteiger partial charge in [-0.1, -0.05) is 60.7 Å². The average Bonchev–Trinajstić information content (AvgIpc) is 2.49. The fourth-order valence-corrected chi connectivity index (χ4v) is 2.21. The van der Waals surface area contributed by atoms with Crippen LogP contribution >= 0.6 is 0 Å². The van der Waals surface area contributed by atoms with Gasteiger partial charge in [0, 0.05) is 6.42 Å². The van der Waals surface area contributed by atoms with Crippen LogP contribution in [0.25, 0.3) is 0 Å². The highest BCUT2D eigenvalue weighted by atomic mass is 16.4. The van der Waals surface area contributed by atoms with Crippen LogP contribution in [0.4, 0.5) is 0 Å². The summed E-state index contributed by atoms with van der Waals surface area (Å²) >= 11 is 0. The Morgan fingerprint density at radius 1 is 0.857 bits per heavy atom. The van der Waals surface area contributed by atoms with Crippen molar-refractivity contribution >= 4 is 11.8 Å². The van der Waals surface area contributed by atoms with Crippen molar-refractivity contribution in [2.75, 3.05) is 0 Å². The number of benzene rings is 2. The molecule has 2 atom stereocenters. The first-order chi connectivity index (χ1) is 10.1. The van der Waals surface area contributed by atoms with Crippen molar-refractivity contribution < 1.29 is 19.8 Å². The highest BCUT2D eigenvalue weighted by Crippen LogP contribution is 2.24. The van der Waals surface area contributed by atoms with Gasteiger partial charge in [0.15, 0.2) is 5.78 Å². The van der Waals surface area contributed by atoms with Gasteiger partial charge in [-0.15, -0.1) is 0 Å². The van der Waals surface area contributed by atoms with Gasteiger partial charge in [0.2, 0.25) is 0 Å². The molecule has 0 fully saturated rings. The standard InChI is InChI=1S/C17H16O4/c18-14(12-7-3-1-4-8-12)11-15(19)16(17(20)21)13-9-5-2-6-10-13/h1-10,14,16,18H,11H2,(H,20,21). The number of hydrogen-bond acceptors (Lipinski definition) is 3. The number of aliphatic carboxylic acids is 1. The first kappa shape index (κ1) is 14.9. The third-order valence-electron chi connectivity index (χ3n) is 3.28. The summed E-state index contributed by atoms with van der Waals surface area (Å²) in [5.41, 5.74) is 1.03. The van der Waals surface area contributed by atoms with Crippen LogP contribution in [-0.2, 0) is 9.59 Å². The molecule has 0 aromatic heterocycles. The van der Waals surface area contributed by atoms with E-state index in [1.807, 2.05) is 6.07 Å². The maximum Gasteiger partial charge on any atom is 0.318 e. The molecule has 0 aliphatic rings. The fraction of sp³-hybridized carbons (Fsp3) is 0.176. The van der Waals surface area contributed by atoms with Crippen molar-refractivity contribution in [2.24, 2.45) is 0 Å². The van der Waals surface area contributed by atoms with Gasteiger partial charge in [0.1, 0.15) is 5.92 Å². The zero-order chi connectivity index (χ0) is 15.2. The minimum Gasteiger partial charge on any atom is -0.480 e. The lowest BCUT2D eigenvalue weighted by Crippen LogP contribution is -2.23. The molecule has 0 saturated carbocycles. The SMILES string of the molecule is O=C(O)C(C(=O)CC(O)c1ccccc1)c1ccccc1. The predicted molar refractivity (Wildman–Crippen MR) is 77.8 cm³/mol. The van der Waals surface area contributed by atoms with Crippen molar-refractivity contribution in [3.63, 3.8) is 0 Å². The Bertz CT molecular complexity index is 607. The lowest BCUT2D eigenvalue weighted by molar-refractivity contribution is -0.143. The summed E-state index contributed by atoms with van der Waals surface area (Å²) in [5.74, 6) is -2.96. The van der Waals surface area contributed by atoms with Crippen LogP contribution in [0.15, 0.2) is 60.7 Å². The second-order valence-corrected chi connectivity index (χ2v) is 4.78. The molecule has 2 unspecified atom stereocenters. The summed E-state index contributed by atoms with van der Waals surface area (Å²) in [4.78, 5) is 23.6. The molecule has 21 heavy (non-hydrogen) atoms. The molecule has 2 aromatic rings. The Balaban J connectivity index is 2.15. The van der Waals surface area contributed by atoms with Gasteiger partial charge >= 0.3 is 5.97 Å². The second-order valence-electron chi connectivity index (χ2n) is 4.78. The van der Waals surface area contributed by atoms with Crippen LogP contribution in [0.1, 0.15) is 29.6 Å². The van der Waals surface area contributed by atoms with E-state index in [1.54, 1.807) is 54.6 Å². The average molecular weight is 284 g/mol. The summed E-state index contributed by atoms with van der Waals surface area (Å²) in [6, 6.07) is 17.1. The van der Waals surface area contributed by atoms with Crippen molar-refractivity contribution in [1.29, 1.82) is 0 Å². The number of ketones is 1. The van der Waals surface area contributed by atoms with E-state index in [1.165, 1.54) is 0 Å². The maximum absolute atomic E-state index is 12.2. The van der Waals surface area contributed by atoms with E-state index in [4.69, 9.17) is 0 Å². The molecule has 0 aliphatic carbocycles. The number of aliphatic hydroxyl groups excluding tert-OH is 1. The number of aliphatic hydroxyl groups is 1. The highest BCUT2D eigenvalue weighted by Gasteiger charge is 2.29. The molecule has 0 radical (unpaired) electrons. The molecule has 0 heterocycles. The molecule has 0 spiro atoms. The third kappa shape index (κ3) is 3.77. The Morgan fingerprint density at radius 2 is 1.33 bits per heavy atom. The molecule has 0 aliphatic heterocycles. The number of carbonyl (C=O) groups is 2. The lowest BCUT2D eigenvalue weighted by Gasteiger charge is -2.15. The molecule has 0 bridgehead atoms. The Morgan fingerprint density at radius 3 is 1.81 bits per heavy atom. The number of Topliss-reactive ketones (excluding diaryl/α,β-unsaturated/α-hetero) is 1. The summed E-state index contributed by atoms with van der Waals surface area (Å²) in [6.45, 7) is 0. The molecule has 2 aromatic carbocycles. The monoisotopic (exact) mass is 284 g/mol. The number of rotatable bonds is 6. The van der Waals surface area contributed by atoms with E-state index in [9.17, 15) is 19.8 Å². The first-order valence-electron chi connectivity index (χ1n) is 6.63. The number of hydrogen-bond donors (Lipinski definition) is 2. The van der Waals surface area contributed by atoms with E-state index in [0.717, 1.165) is 0 Å². The molecule has 4 nitrogen and oxygen atoms in total. The molecular formula is C17H16O4. The molecule has 0 amide bonds. The van der Waals surface area contributed by atoms with E-state index >= 15 is 0 Å². The van der Waals surface area contributed by atoms with Crippen LogP contribution < -0.4 is 0 Å². The predicted octanol–water partition coefficient (Wildman–Crippen LogP) is 2.55. The summed E-state index contributed by atoms with van der Waals surface area (Å²) in [7, 11) is 0. The van der Waals surface area contributed by atoms with Gasteiger partial charge in [-0.2, -0.15) is 0 Å². The van der Waals surface area contributed by atoms with E-state index in [-0.39, 0.29) is 6.42 Å². The van der Waals surface area contributed by atoms with Crippen LogP contribution in [0.2, 0.25) is 0 Å². The minimum atomic E-state index is -1.25. The van der Waals surface area contributed by atoms with Gasteiger partial charge < -0.3 is 10.2 Å². The largest absolute Gasteiger partial charge is 0.480 e. The lowest BCUT2D eigenvalue weighted by atomic mass is 9.90. The normalized spacial score (nSPS) is 13.4. The second kappa shape index (κ2) is 6.81. The molecular weight excluding hydrogens is 268 g/mol. The topological polar surface area (TPSA) is 74.6 Å². The van der Waals surface area contributed by atoms with Gasteiger partial charge in [-0.3, -0.25) is 9.59 Å². The number of carboxylic acids is 1. The fourth-order valence-electron chi connectivity index (χ4n) is 2.21. The highest BCUT2D eigenvalue weighted by molar-refractivity contribution is 6.03.